The first-order valence-electron chi connectivity index (χ1n) is 11.6. The van der Waals surface area contributed by atoms with Gasteiger partial charge in [0.1, 0.15) is 0 Å². The highest BCUT2D eigenvalue weighted by Gasteiger charge is 2.20. The molecule has 3 rings (SSSR count). The fourth-order valence-corrected chi connectivity index (χ4v) is 4.60. The third-order valence-corrected chi connectivity index (χ3v) is 6.51. The Balaban J connectivity index is 1.77. The molecule has 3 nitrogen and oxygen atoms in total. The van der Waals surface area contributed by atoms with Crippen molar-refractivity contribution in [2.45, 2.75) is 72.4 Å². The average molecular weight is 424 g/mol. The molecule has 0 unspecified atom stereocenters. The highest BCUT2D eigenvalue weighted by Crippen LogP contribution is 2.29. The van der Waals surface area contributed by atoms with Crippen molar-refractivity contribution in [3.05, 3.63) is 59.2 Å². The van der Waals surface area contributed by atoms with Crippen LogP contribution in [0.1, 0.15) is 63.6 Å². The molecule has 162 valence electrons. The van der Waals surface area contributed by atoms with Crippen LogP contribution < -0.4 is 10.2 Å². The van der Waals surface area contributed by atoms with Gasteiger partial charge in [0.05, 0.1) is 0 Å². The number of benzene rings is 2. The molecule has 0 spiro atoms. The molecular formula is C26H37N3S. The van der Waals surface area contributed by atoms with Crippen LogP contribution >= 0.6 is 12.2 Å². The van der Waals surface area contributed by atoms with Crippen LogP contribution in [0.2, 0.25) is 0 Å². The molecule has 30 heavy (non-hydrogen) atoms. The van der Waals surface area contributed by atoms with Crippen LogP contribution in [0.3, 0.4) is 0 Å². The number of thiocarbonyl (C=S) groups is 1. The van der Waals surface area contributed by atoms with Gasteiger partial charge in [-0.1, -0.05) is 45.0 Å². The van der Waals surface area contributed by atoms with Crippen LogP contribution in [0.5, 0.6) is 0 Å². The van der Waals surface area contributed by atoms with Crippen molar-refractivity contribution in [1.82, 2.24) is 4.90 Å². The van der Waals surface area contributed by atoms with Gasteiger partial charge in [-0.15, -0.1) is 0 Å². The molecule has 1 aliphatic heterocycles. The quantitative estimate of drug-likeness (QED) is 0.494. The molecule has 0 fully saturated rings. The summed E-state index contributed by atoms with van der Waals surface area (Å²) in [6.45, 7) is 12.1. The van der Waals surface area contributed by atoms with Crippen LogP contribution in [-0.4, -0.2) is 29.1 Å². The molecule has 0 saturated carbocycles. The van der Waals surface area contributed by atoms with Gasteiger partial charge in [-0.3, -0.25) is 0 Å². The van der Waals surface area contributed by atoms with Gasteiger partial charge in [0.15, 0.2) is 5.11 Å². The molecule has 1 N–H and O–H groups in total. The van der Waals surface area contributed by atoms with E-state index in [4.69, 9.17) is 12.2 Å². The van der Waals surface area contributed by atoms with Gasteiger partial charge in [-0.25, -0.2) is 0 Å². The summed E-state index contributed by atoms with van der Waals surface area (Å²) >= 11 is 5.86. The maximum absolute atomic E-state index is 5.86. The predicted molar refractivity (Wildman–Crippen MR) is 135 cm³/mol. The minimum Gasteiger partial charge on any atom is -0.371 e. The van der Waals surface area contributed by atoms with Crippen molar-refractivity contribution in [2.24, 2.45) is 0 Å². The van der Waals surface area contributed by atoms with Crippen LogP contribution in [0, 0.1) is 0 Å². The van der Waals surface area contributed by atoms with E-state index < -0.39 is 0 Å². The zero-order chi connectivity index (χ0) is 21.5. The largest absolute Gasteiger partial charge is 0.371 e. The van der Waals surface area contributed by atoms with E-state index in [2.05, 4.69) is 85.3 Å². The highest BCUT2D eigenvalue weighted by molar-refractivity contribution is 7.80. The predicted octanol–water partition coefficient (Wildman–Crippen LogP) is 6.41. The van der Waals surface area contributed by atoms with E-state index in [0.717, 1.165) is 36.7 Å². The average Bonchev–Trinajstić information content (AvgIpc) is 2.77. The second kappa shape index (κ2) is 10.8. The summed E-state index contributed by atoms with van der Waals surface area (Å²) in [4.78, 5) is 4.88. The second-order valence-corrected chi connectivity index (χ2v) is 8.81. The summed E-state index contributed by atoms with van der Waals surface area (Å²) in [6.07, 6.45) is 5.72. The minimum atomic E-state index is 0.381. The van der Waals surface area contributed by atoms with Gasteiger partial charge in [-0.05, 0) is 86.1 Å². The summed E-state index contributed by atoms with van der Waals surface area (Å²) in [5.41, 5.74) is 6.67. The molecule has 0 aliphatic carbocycles. The normalized spacial score (nSPS) is 14.2. The van der Waals surface area contributed by atoms with Crippen LogP contribution in [0.25, 0.3) is 0 Å². The zero-order valence-electron chi connectivity index (χ0n) is 19.1. The lowest BCUT2D eigenvalue weighted by Crippen LogP contribution is -2.40. The van der Waals surface area contributed by atoms with Gasteiger partial charge in [0, 0.05) is 37.1 Å². The number of fused-ring (bicyclic) bond motifs is 1. The maximum atomic E-state index is 5.86. The van der Waals surface area contributed by atoms with Crippen molar-refractivity contribution in [3.63, 3.8) is 0 Å². The number of anilines is 2. The van der Waals surface area contributed by atoms with Crippen molar-refractivity contribution >= 4 is 28.7 Å². The Hall–Kier alpha value is -2.07. The lowest BCUT2D eigenvalue weighted by atomic mass is 9.98. The fourth-order valence-electron chi connectivity index (χ4n) is 4.24. The lowest BCUT2D eigenvalue weighted by molar-refractivity contribution is 0.319. The molecule has 2 aromatic carbocycles. The molecule has 0 saturated heterocycles. The van der Waals surface area contributed by atoms with Gasteiger partial charge in [-0.2, -0.15) is 0 Å². The molecule has 0 bridgehead atoms. The molecule has 0 amide bonds. The van der Waals surface area contributed by atoms with E-state index in [9.17, 15) is 0 Å². The third-order valence-electron chi connectivity index (χ3n) is 6.18. The van der Waals surface area contributed by atoms with Crippen molar-refractivity contribution in [1.29, 1.82) is 0 Å². The monoisotopic (exact) mass is 423 g/mol. The SMILES string of the molecule is CCCN1CCCc2cc(CN(C(=S)Nc3cccc(CC)c3)[C@H](C)CC)ccc21. The first kappa shape index (κ1) is 22.6. The molecule has 0 radical (unpaired) electrons. The topological polar surface area (TPSA) is 18.5 Å². The fraction of sp³-hybridized carbons (Fsp3) is 0.500. The van der Waals surface area contributed by atoms with E-state index in [1.807, 2.05) is 0 Å². The Kier molecular flexibility index (Phi) is 8.15. The highest BCUT2D eigenvalue weighted by atomic mass is 32.1. The van der Waals surface area contributed by atoms with Crippen molar-refractivity contribution in [3.8, 4) is 0 Å². The molecule has 1 aliphatic rings. The molecule has 0 aromatic heterocycles. The van der Waals surface area contributed by atoms with E-state index in [1.165, 1.54) is 48.2 Å². The number of aryl methyl sites for hydroxylation is 2. The number of rotatable bonds is 8. The zero-order valence-corrected chi connectivity index (χ0v) is 19.9. The second-order valence-electron chi connectivity index (χ2n) is 8.42. The lowest BCUT2D eigenvalue weighted by Gasteiger charge is -2.34. The van der Waals surface area contributed by atoms with Crippen molar-refractivity contribution in [2.75, 3.05) is 23.3 Å². The number of nitrogens with one attached hydrogen (secondary N) is 1. The summed E-state index contributed by atoms with van der Waals surface area (Å²) in [5.74, 6) is 0. The molecule has 2 aromatic rings. The Morgan fingerprint density at radius 1 is 1.13 bits per heavy atom. The number of hydrogen-bond acceptors (Lipinski definition) is 2. The van der Waals surface area contributed by atoms with E-state index in [1.54, 1.807) is 0 Å². The van der Waals surface area contributed by atoms with Crippen LogP contribution in [0.15, 0.2) is 42.5 Å². The third kappa shape index (κ3) is 5.54. The first-order chi connectivity index (χ1) is 14.5. The summed E-state index contributed by atoms with van der Waals surface area (Å²) in [7, 11) is 0. The first-order valence-corrected chi connectivity index (χ1v) is 12.0. The summed E-state index contributed by atoms with van der Waals surface area (Å²) in [5, 5.41) is 4.30. The number of hydrogen-bond donors (Lipinski definition) is 1. The molecule has 4 heteroatoms. The van der Waals surface area contributed by atoms with E-state index >= 15 is 0 Å². The van der Waals surface area contributed by atoms with Crippen LogP contribution in [0.4, 0.5) is 11.4 Å². The van der Waals surface area contributed by atoms with Crippen molar-refractivity contribution < 1.29 is 0 Å². The molecular weight excluding hydrogens is 386 g/mol. The summed E-state index contributed by atoms with van der Waals surface area (Å²) < 4.78 is 0. The van der Waals surface area contributed by atoms with Gasteiger partial charge >= 0.3 is 0 Å². The molecule has 1 heterocycles. The Labute approximate surface area is 188 Å². The Morgan fingerprint density at radius 3 is 2.70 bits per heavy atom. The smallest absolute Gasteiger partial charge is 0.173 e. The minimum absolute atomic E-state index is 0.381. The standard InChI is InChI=1S/C26H37N3S/c1-5-15-28-16-9-11-23-17-22(13-14-25(23)28)19-29(20(4)6-2)26(30)27-24-12-8-10-21(7-3)18-24/h8,10,12-14,17-18,20H,5-7,9,11,15-16,19H2,1-4H3,(H,27,30)/t20-/m1/s1. The van der Waals surface area contributed by atoms with E-state index in [0.29, 0.717) is 6.04 Å². The summed E-state index contributed by atoms with van der Waals surface area (Å²) in [6, 6.07) is 16.0. The number of nitrogens with zero attached hydrogens (tertiary/aromatic N) is 2. The molecule has 1 atom stereocenters. The van der Waals surface area contributed by atoms with Gasteiger partial charge < -0.3 is 15.1 Å². The van der Waals surface area contributed by atoms with Crippen LogP contribution in [-0.2, 0) is 19.4 Å². The maximum Gasteiger partial charge on any atom is 0.173 e. The van der Waals surface area contributed by atoms with E-state index in [-0.39, 0.29) is 0 Å². The van der Waals surface area contributed by atoms with Gasteiger partial charge in [0.25, 0.3) is 0 Å². The van der Waals surface area contributed by atoms with Gasteiger partial charge in [0.2, 0.25) is 0 Å². The Morgan fingerprint density at radius 2 is 1.97 bits per heavy atom. The Bertz CT molecular complexity index is 848.